The van der Waals surface area contributed by atoms with E-state index in [9.17, 15) is 13.6 Å². The third-order valence-corrected chi connectivity index (χ3v) is 2.02. The number of benzene rings is 1. The molecule has 0 aromatic heterocycles. The highest BCUT2D eigenvalue weighted by atomic mass is 19.2. The van der Waals surface area contributed by atoms with E-state index in [2.05, 4.69) is 0 Å². The summed E-state index contributed by atoms with van der Waals surface area (Å²) in [6.45, 7) is 1.84. The predicted molar refractivity (Wildman–Crippen MR) is 52.1 cm³/mol. The number of carbonyl (C=O) groups is 1. The van der Waals surface area contributed by atoms with E-state index in [-0.39, 0.29) is 17.1 Å². The summed E-state index contributed by atoms with van der Waals surface area (Å²) in [7, 11) is 1.31. The quantitative estimate of drug-likeness (QED) is 0.720. The highest BCUT2D eigenvalue weighted by Crippen LogP contribution is 2.23. The zero-order valence-electron chi connectivity index (χ0n) is 8.64. The maximum Gasteiger partial charge on any atom is 0.166 e. The SMILES string of the molecule is CCCC(=O)c1cc(F)c(F)cc1OC. The topological polar surface area (TPSA) is 26.3 Å². The van der Waals surface area contributed by atoms with Crippen molar-refractivity contribution in [1.29, 1.82) is 0 Å². The molecule has 0 bridgehead atoms. The van der Waals surface area contributed by atoms with Crippen LogP contribution in [-0.2, 0) is 0 Å². The highest BCUT2D eigenvalue weighted by molar-refractivity contribution is 5.98. The van der Waals surface area contributed by atoms with E-state index >= 15 is 0 Å². The van der Waals surface area contributed by atoms with Crippen molar-refractivity contribution in [1.82, 2.24) is 0 Å². The number of methoxy groups -OCH3 is 1. The molecule has 1 aromatic carbocycles. The van der Waals surface area contributed by atoms with Gasteiger partial charge in [0.05, 0.1) is 12.7 Å². The van der Waals surface area contributed by atoms with Crippen LogP contribution in [0.25, 0.3) is 0 Å². The number of hydrogen-bond donors (Lipinski definition) is 0. The Morgan fingerprint density at radius 2 is 1.93 bits per heavy atom. The molecule has 0 radical (unpaired) electrons. The molecule has 0 saturated heterocycles. The number of ketones is 1. The van der Waals surface area contributed by atoms with Gasteiger partial charge < -0.3 is 4.74 Å². The fraction of sp³-hybridized carbons (Fsp3) is 0.364. The molecule has 0 aliphatic carbocycles. The first-order valence-corrected chi connectivity index (χ1v) is 4.66. The molecule has 4 heteroatoms. The maximum atomic E-state index is 12.9. The third kappa shape index (κ3) is 2.52. The maximum absolute atomic E-state index is 12.9. The zero-order chi connectivity index (χ0) is 11.4. The van der Waals surface area contributed by atoms with Crippen molar-refractivity contribution < 1.29 is 18.3 Å². The van der Waals surface area contributed by atoms with Gasteiger partial charge in [0.25, 0.3) is 0 Å². The highest BCUT2D eigenvalue weighted by Gasteiger charge is 2.15. The molecule has 0 N–H and O–H groups in total. The molecule has 0 saturated carbocycles. The van der Waals surface area contributed by atoms with Gasteiger partial charge >= 0.3 is 0 Å². The van der Waals surface area contributed by atoms with Crippen LogP contribution in [0, 0.1) is 11.6 Å². The fourth-order valence-corrected chi connectivity index (χ4v) is 1.28. The molecule has 0 heterocycles. The van der Waals surface area contributed by atoms with Crippen LogP contribution in [-0.4, -0.2) is 12.9 Å². The minimum atomic E-state index is -1.03. The average molecular weight is 214 g/mol. The molecule has 0 fully saturated rings. The second-order valence-corrected chi connectivity index (χ2v) is 3.14. The van der Waals surface area contributed by atoms with Crippen LogP contribution in [0.15, 0.2) is 12.1 Å². The number of rotatable bonds is 4. The largest absolute Gasteiger partial charge is 0.496 e. The van der Waals surface area contributed by atoms with Gasteiger partial charge in [-0.05, 0) is 12.5 Å². The second-order valence-electron chi connectivity index (χ2n) is 3.14. The molecule has 0 atom stereocenters. The van der Waals surface area contributed by atoms with Gasteiger partial charge in [-0.1, -0.05) is 6.92 Å². The molecule has 0 unspecified atom stereocenters. The smallest absolute Gasteiger partial charge is 0.166 e. The number of hydrogen-bond acceptors (Lipinski definition) is 2. The van der Waals surface area contributed by atoms with Gasteiger partial charge in [0.2, 0.25) is 0 Å². The summed E-state index contributed by atoms with van der Waals surface area (Å²) in [4.78, 5) is 11.5. The monoisotopic (exact) mass is 214 g/mol. The van der Waals surface area contributed by atoms with Gasteiger partial charge in [-0.2, -0.15) is 0 Å². The number of carbonyl (C=O) groups excluding carboxylic acids is 1. The third-order valence-electron chi connectivity index (χ3n) is 2.02. The lowest BCUT2D eigenvalue weighted by Gasteiger charge is -2.07. The standard InChI is InChI=1S/C11H12F2O2/c1-3-4-10(14)7-5-8(12)9(13)6-11(7)15-2/h5-6H,3-4H2,1-2H3. The van der Waals surface area contributed by atoms with Gasteiger partial charge in [0.15, 0.2) is 17.4 Å². The van der Waals surface area contributed by atoms with Gasteiger partial charge in [0, 0.05) is 12.5 Å². The molecule has 1 rings (SSSR count). The minimum Gasteiger partial charge on any atom is -0.496 e. The molecular formula is C11H12F2O2. The Kier molecular flexibility index (Phi) is 3.77. The molecule has 82 valence electrons. The summed E-state index contributed by atoms with van der Waals surface area (Å²) in [6, 6.07) is 1.77. The first-order chi connectivity index (χ1) is 7.10. The molecule has 0 spiro atoms. The van der Waals surface area contributed by atoms with E-state index in [1.54, 1.807) is 0 Å². The summed E-state index contributed by atoms with van der Waals surface area (Å²) in [5.74, 6) is -2.21. The van der Waals surface area contributed by atoms with Crippen molar-refractivity contribution in [3.8, 4) is 5.75 Å². The lowest BCUT2D eigenvalue weighted by atomic mass is 10.1. The Morgan fingerprint density at radius 1 is 1.33 bits per heavy atom. The van der Waals surface area contributed by atoms with Gasteiger partial charge in [-0.25, -0.2) is 8.78 Å². The van der Waals surface area contributed by atoms with Gasteiger partial charge in [0.1, 0.15) is 5.75 Å². The van der Waals surface area contributed by atoms with Crippen LogP contribution in [0.3, 0.4) is 0 Å². The molecule has 2 nitrogen and oxygen atoms in total. The van der Waals surface area contributed by atoms with Crippen molar-refractivity contribution >= 4 is 5.78 Å². The number of Topliss-reactive ketones (excluding diaryl/α,β-unsaturated/α-hetero) is 1. The zero-order valence-corrected chi connectivity index (χ0v) is 8.64. The molecule has 0 aliphatic heterocycles. The summed E-state index contributed by atoms with van der Waals surface area (Å²) < 4.78 is 30.6. The first kappa shape index (κ1) is 11.6. The number of ether oxygens (including phenoxy) is 1. The van der Waals surface area contributed by atoms with Crippen molar-refractivity contribution in [3.63, 3.8) is 0 Å². The van der Waals surface area contributed by atoms with E-state index in [1.165, 1.54) is 7.11 Å². The van der Waals surface area contributed by atoms with Crippen LogP contribution < -0.4 is 4.74 Å². The second kappa shape index (κ2) is 4.87. The number of halogens is 2. The lowest BCUT2D eigenvalue weighted by Crippen LogP contribution is -2.03. The average Bonchev–Trinajstić information content (AvgIpc) is 2.21. The molecule has 15 heavy (non-hydrogen) atoms. The van der Waals surface area contributed by atoms with E-state index < -0.39 is 11.6 Å². The lowest BCUT2D eigenvalue weighted by molar-refractivity contribution is 0.0978. The van der Waals surface area contributed by atoms with E-state index in [1.807, 2.05) is 6.92 Å². The summed E-state index contributed by atoms with van der Waals surface area (Å²) in [6.07, 6.45) is 0.947. The van der Waals surface area contributed by atoms with Crippen molar-refractivity contribution in [2.45, 2.75) is 19.8 Å². The van der Waals surface area contributed by atoms with Crippen molar-refractivity contribution in [3.05, 3.63) is 29.3 Å². The summed E-state index contributed by atoms with van der Waals surface area (Å²) in [5.41, 5.74) is 0.0956. The van der Waals surface area contributed by atoms with Crippen LogP contribution >= 0.6 is 0 Å². The van der Waals surface area contributed by atoms with Crippen LogP contribution in [0.1, 0.15) is 30.1 Å². The van der Waals surface area contributed by atoms with E-state index in [4.69, 9.17) is 4.74 Å². The Morgan fingerprint density at radius 3 is 2.47 bits per heavy atom. The van der Waals surface area contributed by atoms with E-state index in [0.29, 0.717) is 12.8 Å². The normalized spacial score (nSPS) is 10.1. The molecular weight excluding hydrogens is 202 g/mol. The summed E-state index contributed by atoms with van der Waals surface area (Å²) in [5, 5.41) is 0. The van der Waals surface area contributed by atoms with Crippen molar-refractivity contribution in [2.75, 3.05) is 7.11 Å². The fourth-order valence-electron chi connectivity index (χ4n) is 1.28. The Balaban J connectivity index is 3.15. The van der Waals surface area contributed by atoms with Crippen molar-refractivity contribution in [2.24, 2.45) is 0 Å². The van der Waals surface area contributed by atoms with Gasteiger partial charge in [-0.15, -0.1) is 0 Å². The Hall–Kier alpha value is -1.45. The predicted octanol–water partition coefficient (Wildman–Crippen LogP) is 2.96. The summed E-state index contributed by atoms with van der Waals surface area (Å²) >= 11 is 0. The Bertz CT molecular complexity index is 375. The Labute approximate surface area is 86.9 Å². The van der Waals surface area contributed by atoms with Crippen LogP contribution in [0.5, 0.6) is 5.75 Å². The molecule has 1 aromatic rings. The molecule has 0 amide bonds. The minimum absolute atomic E-state index is 0.0763. The first-order valence-electron chi connectivity index (χ1n) is 4.66. The van der Waals surface area contributed by atoms with E-state index in [0.717, 1.165) is 12.1 Å². The van der Waals surface area contributed by atoms with Gasteiger partial charge in [-0.3, -0.25) is 4.79 Å². The molecule has 0 aliphatic rings. The van der Waals surface area contributed by atoms with Crippen LogP contribution in [0.4, 0.5) is 8.78 Å². The van der Waals surface area contributed by atoms with Crippen LogP contribution in [0.2, 0.25) is 0 Å².